The highest BCUT2D eigenvalue weighted by Crippen LogP contribution is 2.27. The normalized spacial score (nSPS) is 11.5. The molecule has 1 aromatic carbocycles. The Morgan fingerprint density at radius 1 is 1.20 bits per heavy atom. The van der Waals surface area contributed by atoms with E-state index in [2.05, 4.69) is 43.3 Å². The van der Waals surface area contributed by atoms with Crippen LogP contribution in [-0.2, 0) is 0 Å². The number of anilines is 2. The van der Waals surface area contributed by atoms with Crippen molar-refractivity contribution in [3.8, 4) is 0 Å². The van der Waals surface area contributed by atoms with Gasteiger partial charge in [-0.3, -0.25) is 0 Å². The molecule has 0 aliphatic carbocycles. The highest BCUT2D eigenvalue weighted by atomic mass is 28.3. The second kappa shape index (κ2) is 4.70. The number of nitrogen functional groups attached to an aromatic ring is 1. The Morgan fingerprint density at radius 2 is 1.80 bits per heavy atom. The molecule has 0 atom stereocenters. The molecule has 0 amide bonds. The molecular weight excluding hydrogens is 200 g/mol. The molecule has 0 aliphatic heterocycles. The maximum atomic E-state index is 6.03. The summed E-state index contributed by atoms with van der Waals surface area (Å²) in [5.74, 6) is 0. The molecule has 0 saturated heterocycles. The van der Waals surface area contributed by atoms with Crippen molar-refractivity contribution in [1.29, 1.82) is 0 Å². The van der Waals surface area contributed by atoms with Gasteiger partial charge in [0.15, 0.2) is 0 Å². The van der Waals surface area contributed by atoms with Gasteiger partial charge >= 0.3 is 0 Å². The Balaban J connectivity index is 3.05. The van der Waals surface area contributed by atoms with E-state index in [0.717, 1.165) is 12.2 Å². The zero-order valence-electron chi connectivity index (χ0n) is 10.2. The van der Waals surface area contributed by atoms with E-state index in [9.17, 15) is 0 Å². The fourth-order valence-electron chi connectivity index (χ4n) is 1.77. The minimum atomic E-state index is -1.33. The van der Waals surface area contributed by atoms with Crippen LogP contribution in [0.2, 0.25) is 19.6 Å². The van der Waals surface area contributed by atoms with Crippen LogP contribution in [-0.4, -0.2) is 14.8 Å². The minimum Gasteiger partial charge on any atom is -0.397 e. The molecule has 0 spiro atoms. The van der Waals surface area contributed by atoms with E-state index in [0.29, 0.717) is 0 Å². The lowest BCUT2D eigenvalue weighted by molar-refractivity contribution is 0.903. The molecule has 3 heteroatoms. The van der Waals surface area contributed by atoms with E-state index in [1.54, 1.807) is 0 Å². The van der Waals surface area contributed by atoms with Gasteiger partial charge in [-0.15, -0.1) is 0 Å². The van der Waals surface area contributed by atoms with Gasteiger partial charge in [0.1, 0.15) is 8.24 Å². The van der Waals surface area contributed by atoms with Crippen molar-refractivity contribution >= 4 is 19.6 Å². The highest BCUT2D eigenvalue weighted by Gasteiger charge is 2.24. The monoisotopic (exact) mass is 222 g/mol. The first kappa shape index (κ1) is 12.1. The third-order valence-electron chi connectivity index (χ3n) is 2.48. The van der Waals surface area contributed by atoms with E-state index in [1.165, 1.54) is 12.1 Å². The van der Waals surface area contributed by atoms with Crippen LogP contribution in [0.5, 0.6) is 0 Å². The van der Waals surface area contributed by atoms with E-state index in [4.69, 9.17) is 5.73 Å². The molecule has 0 aromatic heterocycles. The number of nitrogens with two attached hydrogens (primary N) is 1. The summed E-state index contributed by atoms with van der Waals surface area (Å²) >= 11 is 0. The summed E-state index contributed by atoms with van der Waals surface area (Å²) < 4.78 is 2.50. The molecule has 0 heterocycles. The third kappa shape index (κ3) is 2.99. The van der Waals surface area contributed by atoms with Crippen LogP contribution in [0.25, 0.3) is 0 Å². The standard InChI is InChI=1S/C12H22N2Si/c1-5-10-14(15(2,3)4)12-9-7-6-8-11(12)13/h6-9H,5,10,13H2,1-4H3. The van der Waals surface area contributed by atoms with Crippen LogP contribution >= 0.6 is 0 Å². The van der Waals surface area contributed by atoms with Crippen molar-refractivity contribution in [3.05, 3.63) is 24.3 Å². The number of hydrogen-bond donors (Lipinski definition) is 1. The Morgan fingerprint density at radius 3 is 2.27 bits per heavy atom. The van der Waals surface area contributed by atoms with Gasteiger partial charge in [-0.25, -0.2) is 0 Å². The number of para-hydroxylation sites is 2. The molecule has 0 bridgehead atoms. The molecule has 0 radical (unpaired) electrons. The van der Waals surface area contributed by atoms with Crippen LogP contribution in [0.1, 0.15) is 13.3 Å². The Labute approximate surface area is 94.2 Å². The predicted molar refractivity (Wildman–Crippen MR) is 71.8 cm³/mol. The Kier molecular flexibility index (Phi) is 3.80. The number of benzene rings is 1. The summed E-state index contributed by atoms with van der Waals surface area (Å²) in [7, 11) is -1.33. The lowest BCUT2D eigenvalue weighted by Gasteiger charge is -2.37. The predicted octanol–water partition coefficient (Wildman–Crippen LogP) is 3.32. The topological polar surface area (TPSA) is 29.3 Å². The summed E-state index contributed by atoms with van der Waals surface area (Å²) in [6.07, 6.45) is 1.17. The molecule has 1 aromatic rings. The van der Waals surface area contributed by atoms with Gasteiger partial charge in [0.05, 0.1) is 11.4 Å². The second-order valence-corrected chi connectivity index (χ2v) is 9.76. The third-order valence-corrected chi connectivity index (χ3v) is 4.57. The summed E-state index contributed by atoms with van der Waals surface area (Å²) in [6.45, 7) is 10.4. The zero-order valence-corrected chi connectivity index (χ0v) is 11.2. The van der Waals surface area contributed by atoms with Gasteiger partial charge in [-0.05, 0) is 18.6 Å². The quantitative estimate of drug-likeness (QED) is 0.625. The summed E-state index contributed by atoms with van der Waals surface area (Å²) in [5.41, 5.74) is 8.13. The molecule has 84 valence electrons. The summed E-state index contributed by atoms with van der Waals surface area (Å²) in [6, 6.07) is 8.17. The van der Waals surface area contributed by atoms with Crippen LogP contribution in [0.3, 0.4) is 0 Å². The lowest BCUT2D eigenvalue weighted by Crippen LogP contribution is -2.47. The largest absolute Gasteiger partial charge is 0.397 e. The van der Waals surface area contributed by atoms with Crippen molar-refractivity contribution < 1.29 is 0 Å². The van der Waals surface area contributed by atoms with Crippen molar-refractivity contribution in [2.45, 2.75) is 33.0 Å². The van der Waals surface area contributed by atoms with Gasteiger partial charge in [-0.1, -0.05) is 38.7 Å². The first-order valence-corrected chi connectivity index (χ1v) is 9.03. The second-order valence-electron chi connectivity index (χ2n) is 4.88. The number of rotatable bonds is 4. The lowest BCUT2D eigenvalue weighted by atomic mass is 10.2. The van der Waals surface area contributed by atoms with Crippen LogP contribution in [0.15, 0.2) is 24.3 Å². The maximum Gasteiger partial charge on any atom is 0.147 e. The first-order chi connectivity index (χ1) is 6.96. The minimum absolute atomic E-state index is 0.897. The average molecular weight is 222 g/mol. The van der Waals surface area contributed by atoms with Crippen molar-refractivity contribution in [2.75, 3.05) is 16.8 Å². The van der Waals surface area contributed by atoms with Crippen LogP contribution in [0, 0.1) is 0 Å². The zero-order chi connectivity index (χ0) is 11.5. The molecule has 0 unspecified atom stereocenters. The Hall–Kier alpha value is -0.963. The van der Waals surface area contributed by atoms with Gasteiger partial charge in [0.2, 0.25) is 0 Å². The molecule has 2 N–H and O–H groups in total. The molecular formula is C12H22N2Si. The van der Waals surface area contributed by atoms with Crippen molar-refractivity contribution in [3.63, 3.8) is 0 Å². The van der Waals surface area contributed by atoms with E-state index < -0.39 is 8.24 Å². The molecule has 0 saturated carbocycles. The number of nitrogens with zero attached hydrogens (tertiary/aromatic N) is 1. The van der Waals surface area contributed by atoms with E-state index >= 15 is 0 Å². The van der Waals surface area contributed by atoms with Crippen LogP contribution < -0.4 is 10.3 Å². The smallest absolute Gasteiger partial charge is 0.147 e. The van der Waals surface area contributed by atoms with Gasteiger partial charge in [-0.2, -0.15) is 0 Å². The van der Waals surface area contributed by atoms with Gasteiger partial charge < -0.3 is 10.3 Å². The van der Waals surface area contributed by atoms with E-state index in [1.807, 2.05) is 12.1 Å². The number of hydrogen-bond acceptors (Lipinski definition) is 2. The average Bonchev–Trinajstić information content (AvgIpc) is 2.14. The SMILES string of the molecule is CCCN(c1ccccc1N)[Si](C)(C)C. The molecule has 1 rings (SSSR count). The molecule has 0 aliphatic rings. The van der Waals surface area contributed by atoms with Crippen molar-refractivity contribution in [1.82, 2.24) is 0 Å². The summed E-state index contributed by atoms with van der Waals surface area (Å²) in [5, 5.41) is 0. The fourth-order valence-corrected chi connectivity index (χ4v) is 3.59. The van der Waals surface area contributed by atoms with Gasteiger partial charge in [0, 0.05) is 6.54 Å². The first-order valence-electron chi connectivity index (χ1n) is 5.59. The molecule has 15 heavy (non-hydrogen) atoms. The fraction of sp³-hybridized carbons (Fsp3) is 0.500. The van der Waals surface area contributed by atoms with Gasteiger partial charge in [0.25, 0.3) is 0 Å². The van der Waals surface area contributed by atoms with E-state index in [-0.39, 0.29) is 0 Å². The van der Waals surface area contributed by atoms with Crippen molar-refractivity contribution in [2.24, 2.45) is 0 Å². The maximum absolute atomic E-state index is 6.03. The molecule has 0 fully saturated rings. The molecule has 2 nitrogen and oxygen atoms in total. The highest BCUT2D eigenvalue weighted by molar-refractivity contribution is 6.79. The van der Waals surface area contributed by atoms with Crippen LogP contribution in [0.4, 0.5) is 11.4 Å². The summed E-state index contributed by atoms with van der Waals surface area (Å²) in [4.78, 5) is 0. The Bertz CT molecular complexity index is 318.